The molecule has 0 aromatic heterocycles. The zero-order chi connectivity index (χ0) is 13.7. The second-order valence-corrected chi connectivity index (χ2v) is 4.30. The number of phenols is 1. The number of phenolic OH excluding ortho intramolecular Hbond substituents is 1. The molecule has 0 aliphatic carbocycles. The van der Waals surface area contributed by atoms with E-state index in [1.165, 1.54) is 6.07 Å². The van der Waals surface area contributed by atoms with Crippen molar-refractivity contribution in [3.8, 4) is 5.75 Å². The Labute approximate surface area is 105 Å². The Bertz CT molecular complexity index is 424. The van der Waals surface area contributed by atoms with Crippen LogP contribution in [0.15, 0.2) is 18.2 Å². The highest BCUT2D eigenvalue weighted by molar-refractivity contribution is 5.82. The summed E-state index contributed by atoms with van der Waals surface area (Å²) in [6, 6.07) is 2.53. The number of aromatic hydroxyl groups is 1. The summed E-state index contributed by atoms with van der Waals surface area (Å²) in [7, 11) is 3.78. The maximum Gasteiger partial charge on any atom is 0.239 e. The summed E-state index contributed by atoms with van der Waals surface area (Å²) in [5, 5.41) is 12.5. The molecule has 0 heterocycles. The zero-order valence-electron chi connectivity index (χ0n) is 10.5. The fraction of sp³-hybridized carbons (Fsp3) is 0.417. The molecule has 6 heteroatoms. The molecule has 0 aliphatic rings. The molecule has 0 fully saturated rings. The highest BCUT2D eigenvalue weighted by atomic mass is 19.1. The minimum absolute atomic E-state index is 0.154. The Morgan fingerprint density at radius 1 is 1.56 bits per heavy atom. The lowest BCUT2D eigenvalue weighted by molar-refractivity contribution is -0.120. The maximum atomic E-state index is 13.1. The molecular formula is C12H18FN3O2. The minimum Gasteiger partial charge on any atom is -0.508 e. The van der Waals surface area contributed by atoms with E-state index >= 15 is 0 Å². The van der Waals surface area contributed by atoms with Crippen molar-refractivity contribution in [3.05, 3.63) is 29.6 Å². The van der Waals surface area contributed by atoms with Crippen molar-refractivity contribution >= 4 is 5.91 Å². The molecule has 0 bridgehead atoms. The van der Waals surface area contributed by atoms with Crippen LogP contribution in [0.1, 0.15) is 11.6 Å². The van der Waals surface area contributed by atoms with Crippen LogP contribution >= 0.6 is 0 Å². The highest BCUT2D eigenvalue weighted by Gasteiger charge is 2.21. The Balaban J connectivity index is 2.84. The van der Waals surface area contributed by atoms with Crippen molar-refractivity contribution in [2.75, 3.05) is 27.2 Å². The third-order valence-electron chi connectivity index (χ3n) is 2.49. The lowest BCUT2D eigenvalue weighted by Gasteiger charge is -2.18. The average molecular weight is 255 g/mol. The fourth-order valence-corrected chi connectivity index (χ4v) is 1.55. The predicted octanol–water partition coefficient (Wildman–Crippen LogP) is 0.209. The number of amides is 1. The second kappa shape index (κ2) is 6.32. The minimum atomic E-state index is -0.902. The van der Waals surface area contributed by atoms with Crippen molar-refractivity contribution in [3.63, 3.8) is 0 Å². The number of halogens is 1. The van der Waals surface area contributed by atoms with E-state index in [4.69, 9.17) is 5.73 Å². The molecule has 1 atom stereocenters. The zero-order valence-corrected chi connectivity index (χ0v) is 10.5. The second-order valence-electron chi connectivity index (χ2n) is 4.30. The van der Waals surface area contributed by atoms with Crippen LogP contribution in [0, 0.1) is 5.82 Å². The Kier molecular flexibility index (Phi) is 5.06. The van der Waals surface area contributed by atoms with Crippen molar-refractivity contribution in [2.24, 2.45) is 5.73 Å². The molecule has 1 unspecified atom stereocenters. The van der Waals surface area contributed by atoms with Crippen LogP contribution in [-0.2, 0) is 4.79 Å². The number of nitrogens with two attached hydrogens (primary N) is 1. The summed E-state index contributed by atoms with van der Waals surface area (Å²) in [6.45, 7) is 1.19. The monoisotopic (exact) mass is 255 g/mol. The van der Waals surface area contributed by atoms with Crippen molar-refractivity contribution in [1.29, 1.82) is 0 Å². The van der Waals surface area contributed by atoms with Crippen LogP contribution in [0.2, 0.25) is 0 Å². The van der Waals surface area contributed by atoms with Crippen molar-refractivity contribution < 1.29 is 14.3 Å². The van der Waals surface area contributed by atoms with Gasteiger partial charge in [-0.2, -0.15) is 0 Å². The van der Waals surface area contributed by atoms with Gasteiger partial charge in [-0.3, -0.25) is 4.79 Å². The molecule has 1 aromatic rings. The summed E-state index contributed by atoms with van der Waals surface area (Å²) >= 11 is 0. The van der Waals surface area contributed by atoms with E-state index in [1.807, 2.05) is 19.0 Å². The number of carbonyl (C=O) groups is 1. The topological polar surface area (TPSA) is 78.6 Å². The van der Waals surface area contributed by atoms with Gasteiger partial charge in [-0.1, -0.05) is 0 Å². The predicted molar refractivity (Wildman–Crippen MR) is 66.6 cm³/mol. The van der Waals surface area contributed by atoms with E-state index in [-0.39, 0.29) is 11.3 Å². The molecule has 1 amide bonds. The average Bonchev–Trinajstić information content (AvgIpc) is 2.27. The molecule has 0 spiro atoms. The third kappa shape index (κ3) is 3.97. The van der Waals surface area contributed by atoms with Crippen LogP contribution in [0.4, 0.5) is 4.39 Å². The number of likely N-dealkylation sites (N-methyl/N-ethyl adjacent to an activating group) is 1. The van der Waals surface area contributed by atoms with E-state index in [0.29, 0.717) is 13.1 Å². The van der Waals surface area contributed by atoms with Crippen LogP contribution in [0.25, 0.3) is 0 Å². The van der Waals surface area contributed by atoms with Gasteiger partial charge in [-0.05, 0) is 32.3 Å². The largest absolute Gasteiger partial charge is 0.508 e. The first-order valence-electron chi connectivity index (χ1n) is 5.57. The smallest absolute Gasteiger partial charge is 0.239 e. The number of hydrogen-bond donors (Lipinski definition) is 3. The van der Waals surface area contributed by atoms with Crippen LogP contribution in [0.3, 0.4) is 0 Å². The number of benzene rings is 1. The van der Waals surface area contributed by atoms with Crippen molar-refractivity contribution in [2.45, 2.75) is 6.04 Å². The molecule has 0 saturated carbocycles. The Morgan fingerprint density at radius 3 is 2.78 bits per heavy atom. The number of primary amides is 1. The van der Waals surface area contributed by atoms with Crippen LogP contribution in [-0.4, -0.2) is 43.1 Å². The first-order valence-corrected chi connectivity index (χ1v) is 5.57. The number of carbonyl (C=O) groups excluding carboxylic acids is 1. The van der Waals surface area contributed by atoms with Gasteiger partial charge in [0.1, 0.15) is 17.6 Å². The SMILES string of the molecule is CN(C)CCNC(C(N)=O)c1cc(F)ccc1O. The summed E-state index contributed by atoms with van der Waals surface area (Å²) in [5.41, 5.74) is 5.41. The summed E-state index contributed by atoms with van der Waals surface area (Å²) in [6.07, 6.45) is 0. The van der Waals surface area contributed by atoms with Gasteiger partial charge in [0.2, 0.25) is 5.91 Å². The van der Waals surface area contributed by atoms with Gasteiger partial charge in [0.05, 0.1) is 0 Å². The summed E-state index contributed by atoms with van der Waals surface area (Å²) in [5.74, 6) is -1.34. The van der Waals surface area contributed by atoms with Crippen LogP contribution < -0.4 is 11.1 Å². The molecule has 0 aliphatic heterocycles. The van der Waals surface area contributed by atoms with Crippen molar-refractivity contribution in [1.82, 2.24) is 10.2 Å². The standard InChI is InChI=1S/C12H18FN3O2/c1-16(2)6-5-15-11(12(14)18)9-7-8(13)3-4-10(9)17/h3-4,7,11,15,17H,5-6H2,1-2H3,(H2,14,18). The Hall–Kier alpha value is -1.66. The summed E-state index contributed by atoms with van der Waals surface area (Å²) < 4.78 is 13.1. The van der Waals surface area contributed by atoms with Gasteiger partial charge >= 0.3 is 0 Å². The van der Waals surface area contributed by atoms with Gasteiger partial charge in [0, 0.05) is 18.7 Å². The highest BCUT2D eigenvalue weighted by Crippen LogP contribution is 2.24. The molecule has 5 nitrogen and oxygen atoms in total. The summed E-state index contributed by atoms with van der Waals surface area (Å²) in [4.78, 5) is 13.3. The van der Waals surface area contributed by atoms with Gasteiger partial charge in [-0.15, -0.1) is 0 Å². The number of rotatable bonds is 6. The van der Waals surface area contributed by atoms with E-state index < -0.39 is 17.8 Å². The number of nitrogens with one attached hydrogen (secondary N) is 1. The molecule has 0 radical (unpaired) electrons. The van der Waals surface area contributed by atoms with E-state index in [9.17, 15) is 14.3 Å². The third-order valence-corrected chi connectivity index (χ3v) is 2.49. The number of nitrogens with zero attached hydrogens (tertiary/aromatic N) is 1. The molecule has 4 N–H and O–H groups in total. The molecule has 1 rings (SSSR count). The van der Waals surface area contributed by atoms with E-state index in [2.05, 4.69) is 5.32 Å². The van der Waals surface area contributed by atoms with E-state index in [0.717, 1.165) is 12.1 Å². The van der Waals surface area contributed by atoms with Gasteiger partial charge in [-0.25, -0.2) is 4.39 Å². The van der Waals surface area contributed by atoms with Gasteiger partial charge < -0.3 is 21.1 Å². The normalized spacial score (nSPS) is 12.7. The van der Waals surface area contributed by atoms with E-state index in [1.54, 1.807) is 0 Å². The first-order chi connectivity index (χ1) is 8.41. The molecule has 1 aromatic carbocycles. The molecule has 100 valence electrons. The fourth-order valence-electron chi connectivity index (χ4n) is 1.55. The lowest BCUT2D eigenvalue weighted by Crippen LogP contribution is -2.37. The molecule has 18 heavy (non-hydrogen) atoms. The quantitative estimate of drug-likeness (QED) is 0.679. The molecular weight excluding hydrogens is 237 g/mol. The van der Waals surface area contributed by atoms with Crippen LogP contribution in [0.5, 0.6) is 5.75 Å². The molecule has 0 saturated heterocycles. The number of hydrogen-bond acceptors (Lipinski definition) is 4. The lowest BCUT2D eigenvalue weighted by atomic mass is 10.0. The van der Waals surface area contributed by atoms with Gasteiger partial charge in [0.25, 0.3) is 0 Å². The Morgan fingerprint density at radius 2 is 2.22 bits per heavy atom. The first kappa shape index (κ1) is 14.4. The maximum absolute atomic E-state index is 13.1. The van der Waals surface area contributed by atoms with Gasteiger partial charge in [0.15, 0.2) is 0 Å².